The van der Waals surface area contributed by atoms with Crippen molar-refractivity contribution in [1.82, 2.24) is 14.8 Å². The number of halogens is 2. The fourth-order valence-corrected chi connectivity index (χ4v) is 3.05. The van der Waals surface area contributed by atoms with Crippen LogP contribution in [0.4, 0.5) is 11.5 Å². The fourth-order valence-electron chi connectivity index (χ4n) is 2.59. The quantitative estimate of drug-likeness (QED) is 0.655. The summed E-state index contributed by atoms with van der Waals surface area (Å²) in [6.45, 7) is 3.24. The van der Waals surface area contributed by atoms with Gasteiger partial charge in [-0.15, -0.1) is 0 Å². The number of benzene rings is 1. The van der Waals surface area contributed by atoms with Crippen LogP contribution in [0.3, 0.4) is 0 Å². The van der Waals surface area contributed by atoms with Crippen molar-refractivity contribution in [1.29, 1.82) is 0 Å². The first-order chi connectivity index (χ1) is 13.3. The molecular weight excluding hydrogens is 401 g/mol. The number of pyridine rings is 1. The Morgan fingerprint density at radius 1 is 1.11 bits per heavy atom. The van der Waals surface area contributed by atoms with Crippen LogP contribution in [0.25, 0.3) is 5.82 Å². The number of rotatable bonds is 5. The van der Waals surface area contributed by atoms with E-state index < -0.39 is 0 Å². The summed E-state index contributed by atoms with van der Waals surface area (Å²) in [4.78, 5) is 27.7. The van der Waals surface area contributed by atoms with Crippen LogP contribution < -0.4 is 10.6 Å². The van der Waals surface area contributed by atoms with Crippen molar-refractivity contribution in [2.45, 2.75) is 20.3 Å². The van der Waals surface area contributed by atoms with Gasteiger partial charge < -0.3 is 10.6 Å². The number of aryl methyl sites for hydroxylation is 1. The minimum atomic E-state index is -0.224. The molecule has 3 rings (SSSR count). The first-order valence-electron chi connectivity index (χ1n) is 8.36. The molecule has 0 aliphatic carbocycles. The van der Waals surface area contributed by atoms with Crippen molar-refractivity contribution in [3.63, 3.8) is 0 Å². The lowest BCUT2D eigenvalue weighted by molar-refractivity contribution is -0.116. The smallest absolute Gasteiger partial charge is 0.229 e. The summed E-state index contributed by atoms with van der Waals surface area (Å²) in [7, 11) is 0. The van der Waals surface area contributed by atoms with Gasteiger partial charge in [0.05, 0.1) is 22.2 Å². The van der Waals surface area contributed by atoms with E-state index in [0.717, 1.165) is 5.56 Å². The number of aromatic nitrogens is 3. The Morgan fingerprint density at radius 2 is 1.82 bits per heavy atom. The van der Waals surface area contributed by atoms with Gasteiger partial charge in [0.15, 0.2) is 5.82 Å². The van der Waals surface area contributed by atoms with E-state index in [1.54, 1.807) is 43.3 Å². The van der Waals surface area contributed by atoms with Crippen molar-refractivity contribution in [2.24, 2.45) is 0 Å². The summed E-state index contributed by atoms with van der Waals surface area (Å²) in [5, 5.41) is 10.6. The van der Waals surface area contributed by atoms with Gasteiger partial charge in [0.1, 0.15) is 5.82 Å². The fraction of sp³-hybridized carbons (Fsp3) is 0.158. The van der Waals surface area contributed by atoms with Crippen LogP contribution in [0.1, 0.15) is 18.2 Å². The van der Waals surface area contributed by atoms with Crippen LogP contribution in [0.2, 0.25) is 10.0 Å². The summed E-state index contributed by atoms with van der Waals surface area (Å²) >= 11 is 12.1. The number of nitrogens with zero attached hydrogens (tertiary/aromatic N) is 3. The monoisotopic (exact) mass is 417 g/mol. The molecule has 0 aliphatic rings. The molecule has 2 N–H and O–H groups in total. The lowest BCUT2D eigenvalue weighted by atomic mass is 10.1. The number of carbonyl (C=O) groups excluding carboxylic acids is 2. The molecule has 28 heavy (non-hydrogen) atoms. The number of hydrogen-bond donors (Lipinski definition) is 2. The predicted octanol–water partition coefficient (Wildman–Crippen LogP) is 4.02. The van der Waals surface area contributed by atoms with Gasteiger partial charge in [-0.05, 0) is 30.7 Å². The molecule has 3 aromatic rings. The minimum absolute atomic E-state index is 0.149. The van der Waals surface area contributed by atoms with Gasteiger partial charge in [0.25, 0.3) is 0 Å². The highest BCUT2D eigenvalue weighted by Crippen LogP contribution is 2.25. The second kappa shape index (κ2) is 8.41. The molecule has 9 heteroatoms. The Morgan fingerprint density at radius 3 is 2.46 bits per heavy atom. The number of carbonyl (C=O) groups is 2. The van der Waals surface area contributed by atoms with Crippen molar-refractivity contribution in [2.75, 3.05) is 10.6 Å². The zero-order valence-corrected chi connectivity index (χ0v) is 16.7. The summed E-state index contributed by atoms with van der Waals surface area (Å²) in [6.07, 6.45) is 1.62. The van der Waals surface area contributed by atoms with Crippen molar-refractivity contribution < 1.29 is 9.59 Å². The van der Waals surface area contributed by atoms with Gasteiger partial charge in [0, 0.05) is 24.9 Å². The van der Waals surface area contributed by atoms with Gasteiger partial charge in [0.2, 0.25) is 11.8 Å². The third kappa shape index (κ3) is 4.88. The van der Waals surface area contributed by atoms with E-state index in [4.69, 9.17) is 23.2 Å². The molecule has 0 spiro atoms. The van der Waals surface area contributed by atoms with Gasteiger partial charge in [-0.25, -0.2) is 4.98 Å². The van der Waals surface area contributed by atoms with Crippen LogP contribution in [-0.2, 0) is 16.0 Å². The van der Waals surface area contributed by atoms with Gasteiger partial charge in [-0.1, -0.05) is 35.3 Å². The van der Waals surface area contributed by atoms with Gasteiger partial charge >= 0.3 is 0 Å². The molecule has 0 bridgehead atoms. The molecular formula is C19H17Cl2N5O2. The molecule has 0 saturated carbocycles. The van der Waals surface area contributed by atoms with E-state index in [2.05, 4.69) is 20.7 Å². The standard InChI is InChI=1S/C19H17Cl2N5O2/c1-11-7-17(26(25-11)19-16(21)9-14(20)10-22-19)24-18(28)8-13-3-5-15(6-4-13)23-12(2)27/h3-7,9-10H,8H2,1-2H3,(H,23,27)(H,24,28). The van der Waals surface area contributed by atoms with E-state index in [9.17, 15) is 9.59 Å². The van der Waals surface area contributed by atoms with Crippen LogP contribution in [0.15, 0.2) is 42.6 Å². The van der Waals surface area contributed by atoms with Crippen molar-refractivity contribution in [3.05, 3.63) is 63.9 Å². The van der Waals surface area contributed by atoms with E-state index >= 15 is 0 Å². The maximum atomic E-state index is 12.5. The molecule has 1 aromatic carbocycles. The summed E-state index contributed by atoms with van der Waals surface area (Å²) in [5.41, 5.74) is 2.17. The predicted molar refractivity (Wildman–Crippen MR) is 109 cm³/mol. The third-order valence-corrected chi connectivity index (χ3v) is 4.21. The summed E-state index contributed by atoms with van der Waals surface area (Å²) < 4.78 is 1.46. The molecule has 2 heterocycles. The molecule has 0 saturated heterocycles. The molecule has 0 radical (unpaired) electrons. The molecule has 7 nitrogen and oxygen atoms in total. The Balaban J connectivity index is 1.75. The van der Waals surface area contributed by atoms with E-state index in [0.29, 0.717) is 33.1 Å². The lowest BCUT2D eigenvalue weighted by Crippen LogP contribution is -2.17. The minimum Gasteiger partial charge on any atom is -0.326 e. The average molecular weight is 418 g/mol. The zero-order valence-electron chi connectivity index (χ0n) is 15.2. The largest absolute Gasteiger partial charge is 0.326 e. The second-order valence-electron chi connectivity index (χ2n) is 6.14. The third-order valence-electron chi connectivity index (χ3n) is 3.73. The van der Waals surface area contributed by atoms with E-state index in [1.165, 1.54) is 17.8 Å². The molecule has 0 aliphatic heterocycles. The maximum absolute atomic E-state index is 12.5. The molecule has 0 fully saturated rings. The normalized spacial score (nSPS) is 10.6. The maximum Gasteiger partial charge on any atom is 0.229 e. The molecule has 2 amide bonds. The number of hydrogen-bond acceptors (Lipinski definition) is 4. The van der Waals surface area contributed by atoms with E-state index in [1.807, 2.05) is 0 Å². The molecule has 144 valence electrons. The van der Waals surface area contributed by atoms with Crippen LogP contribution in [-0.4, -0.2) is 26.6 Å². The number of nitrogens with one attached hydrogen (secondary N) is 2. The average Bonchev–Trinajstić information content (AvgIpc) is 2.96. The van der Waals surface area contributed by atoms with Crippen LogP contribution >= 0.6 is 23.2 Å². The topological polar surface area (TPSA) is 88.9 Å². The van der Waals surface area contributed by atoms with Crippen molar-refractivity contribution in [3.8, 4) is 5.82 Å². The highest BCUT2D eigenvalue weighted by atomic mass is 35.5. The molecule has 0 unspecified atom stereocenters. The second-order valence-corrected chi connectivity index (χ2v) is 6.99. The zero-order chi connectivity index (χ0) is 20.3. The SMILES string of the molecule is CC(=O)Nc1ccc(CC(=O)Nc2cc(C)nn2-c2ncc(Cl)cc2Cl)cc1. The van der Waals surface area contributed by atoms with Crippen molar-refractivity contribution >= 4 is 46.5 Å². The highest BCUT2D eigenvalue weighted by molar-refractivity contribution is 6.35. The van der Waals surface area contributed by atoms with Gasteiger partial charge in [-0.3, -0.25) is 9.59 Å². The van der Waals surface area contributed by atoms with Gasteiger partial charge in [-0.2, -0.15) is 9.78 Å². The Bertz CT molecular complexity index is 1030. The number of anilines is 2. The van der Waals surface area contributed by atoms with Crippen LogP contribution in [0, 0.1) is 6.92 Å². The Kier molecular flexibility index (Phi) is 5.96. The Labute approximate surface area is 171 Å². The summed E-state index contributed by atoms with van der Waals surface area (Å²) in [5.74, 6) is 0.449. The summed E-state index contributed by atoms with van der Waals surface area (Å²) in [6, 6.07) is 10.3. The number of amides is 2. The highest BCUT2D eigenvalue weighted by Gasteiger charge is 2.15. The first kappa shape index (κ1) is 19.9. The first-order valence-corrected chi connectivity index (χ1v) is 9.12. The van der Waals surface area contributed by atoms with Crippen LogP contribution in [0.5, 0.6) is 0 Å². The van der Waals surface area contributed by atoms with E-state index in [-0.39, 0.29) is 18.2 Å². The molecule has 2 aromatic heterocycles. The molecule has 0 atom stereocenters. The Hall–Kier alpha value is -2.90. The lowest BCUT2D eigenvalue weighted by Gasteiger charge is -2.10.